The lowest BCUT2D eigenvalue weighted by Gasteiger charge is -2.32. The molecule has 1 aliphatic carbocycles. The number of aromatic nitrogens is 1. The first-order valence-electron chi connectivity index (χ1n) is 9.19. The summed E-state index contributed by atoms with van der Waals surface area (Å²) in [6.45, 7) is 0. The minimum absolute atomic E-state index is 0.00932. The van der Waals surface area contributed by atoms with E-state index in [-0.39, 0.29) is 11.9 Å². The molecule has 0 saturated heterocycles. The Morgan fingerprint density at radius 2 is 1.80 bits per heavy atom. The summed E-state index contributed by atoms with van der Waals surface area (Å²) in [5.41, 5.74) is 2.71. The summed E-state index contributed by atoms with van der Waals surface area (Å²) < 4.78 is 0. The molecule has 0 radical (unpaired) electrons. The maximum atomic E-state index is 13.1. The molecule has 0 N–H and O–H groups in total. The van der Waals surface area contributed by atoms with Crippen molar-refractivity contribution in [2.45, 2.75) is 44.6 Å². The number of hydrazone groups is 1. The summed E-state index contributed by atoms with van der Waals surface area (Å²) >= 11 is 0. The van der Waals surface area contributed by atoms with E-state index in [0.717, 1.165) is 17.7 Å². The molecule has 1 aromatic carbocycles. The van der Waals surface area contributed by atoms with Gasteiger partial charge >= 0.3 is 0 Å². The smallest absolute Gasteiger partial charge is 0.267 e. The standard InChI is InChI=1S/C21H23N3O/c25-21(17-10-5-2-6-11-17)24-20(16-8-3-1-4-9-16)14-19(23-24)18-12-7-13-22-15-18/h2,5-7,10-13,15-16,20H,1,3-4,8-9,14H2. The van der Waals surface area contributed by atoms with Gasteiger partial charge in [-0.15, -0.1) is 0 Å². The Labute approximate surface area is 148 Å². The number of carbonyl (C=O) groups is 1. The van der Waals surface area contributed by atoms with Gasteiger partial charge in [0.25, 0.3) is 5.91 Å². The zero-order valence-corrected chi connectivity index (χ0v) is 14.3. The highest BCUT2D eigenvalue weighted by atomic mass is 16.2. The average Bonchev–Trinajstić information content (AvgIpc) is 3.15. The average molecular weight is 333 g/mol. The fraction of sp³-hybridized carbons (Fsp3) is 0.381. The zero-order chi connectivity index (χ0) is 17.1. The number of benzene rings is 1. The van der Waals surface area contributed by atoms with E-state index in [9.17, 15) is 4.79 Å². The van der Waals surface area contributed by atoms with Crippen LogP contribution >= 0.6 is 0 Å². The predicted octanol–water partition coefficient (Wildman–Crippen LogP) is 4.28. The molecule has 2 aromatic rings. The highest BCUT2D eigenvalue weighted by Crippen LogP contribution is 2.35. The molecule has 1 atom stereocenters. The minimum atomic E-state index is 0.00932. The van der Waals surface area contributed by atoms with E-state index in [1.807, 2.05) is 48.7 Å². The Bertz CT molecular complexity index is 751. The van der Waals surface area contributed by atoms with Crippen molar-refractivity contribution in [2.24, 2.45) is 11.0 Å². The quantitative estimate of drug-likeness (QED) is 0.841. The van der Waals surface area contributed by atoms with Crippen LogP contribution < -0.4 is 0 Å². The maximum Gasteiger partial charge on any atom is 0.274 e. The SMILES string of the molecule is O=C(c1ccccc1)N1N=C(c2cccnc2)CC1C1CCCCC1. The molecule has 0 bridgehead atoms. The van der Waals surface area contributed by atoms with Gasteiger partial charge in [-0.05, 0) is 37.0 Å². The largest absolute Gasteiger partial charge is 0.274 e. The van der Waals surface area contributed by atoms with Gasteiger partial charge in [-0.2, -0.15) is 5.10 Å². The highest BCUT2D eigenvalue weighted by molar-refractivity contribution is 6.04. The van der Waals surface area contributed by atoms with Crippen LogP contribution in [0.5, 0.6) is 0 Å². The molecule has 1 aromatic heterocycles. The first kappa shape index (κ1) is 16.0. The van der Waals surface area contributed by atoms with E-state index in [1.165, 1.54) is 32.1 Å². The van der Waals surface area contributed by atoms with Crippen molar-refractivity contribution in [1.82, 2.24) is 9.99 Å². The number of rotatable bonds is 3. The summed E-state index contributed by atoms with van der Waals surface area (Å²) in [6, 6.07) is 13.6. The molecule has 2 heterocycles. The molecular weight excluding hydrogens is 310 g/mol. The monoisotopic (exact) mass is 333 g/mol. The van der Waals surface area contributed by atoms with Crippen molar-refractivity contribution in [2.75, 3.05) is 0 Å². The van der Waals surface area contributed by atoms with Crippen molar-refractivity contribution in [1.29, 1.82) is 0 Å². The summed E-state index contributed by atoms with van der Waals surface area (Å²) in [5.74, 6) is 0.550. The second-order valence-electron chi connectivity index (χ2n) is 6.97. The Kier molecular flexibility index (Phi) is 4.59. The molecule has 1 saturated carbocycles. The van der Waals surface area contributed by atoms with Crippen molar-refractivity contribution < 1.29 is 4.79 Å². The number of carbonyl (C=O) groups excluding carboxylic acids is 1. The van der Waals surface area contributed by atoms with Gasteiger partial charge in [-0.25, -0.2) is 5.01 Å². The van der Waals surface area contributed by atoms with Crippen LogP contribution in [0.1, 0.15) is 54.4 Å². The number of hydrogen-bond acceptors (Lipinski definition) is 3. The third-order valence-electron chi connectivity index (χ3n) is 5.36. The normalized spacial score (nSPS) is 21.2. The number of nitrogens with zero attached hydrogens (tertiary/aromatic N) is 3. The van der Waals surface area contributed by atoms with Gasteiger partial charge in [0, 0.05) is 29.9 Å². The van der Waals surface area contributed by atoms with E-state index >= 15 is 0 Å². The predicted molar refractivity (Wildman–Crippen MR) is 98.4 cm³/mol. The van der Waals surface area contributed by atoms with Crippen LogP contribution in [0.4, 0.5) is 0 Å². The lowest BCUT2D eigenvalue weighted by atomic mass is 9.81. The molecule has 4 nitrogen and oxygen atoms in total. The van der Waals surface area contributed by atoms with Gasteiger partial charge in [0.05, 0.1) is 11.8 Å². The molecule has 1 fully saturated rings. The lowest BCUT2D eigenvalue weighted by molar-refractivity contribution is 0.0625. The topological polar surface area (TPSA) is 45.6 Å². The van der Waals surface area contributed by atoms with Crippen molar-refractivity contribution in [3.63, 3.8) is 0 Å². The molecule has 0 spiro atoms. The molecular formula is C21H23N3O. The fourth-order valence-electron chi connectivity index (χ4n) is 4.03. The molecule has 4 rings (SSSR count). The van der Waals surface area contributed by atoms with Crippen LogP contribution in [-0.4, -0.2) is 27.7 Å². The van der Waals surface area contributed by atoms with Gasteiger partial charge in [0.2, 0.25) is 0 Å². The molecule has 1 amide bonds. The van der Waals surface area contributed by atoms with Crippen molar-refractivity contribution >= 4 is 11.6 Å². The first-order valence-corrected chi connectivity index (χ1v) is 9.19. The third-order valence-corrected chi connectivity index (χ3v) is 5.36. The van der Waals surface area contributed by atoms with E-state index in [0.29, 0.717) is 11.5 Å². The Morgan fingerprint density at radius 1 is 1.00 bits per heavy atom. The highest BCUT2D eigenvalue weighted by Gasteiger charge is 2.38. The van der Waals surface area contributed by atoms with Crippen molar-refractivity contribution in [3.05, 3.63) is 66.0 Å². The summed E-state index contributed by atoms with van der Waals surface area (Å²) in [4.78, 5) is 17.3. The Morgan fingerprint density at radius 3 is 2.52 bits per heavy atom. The second kappa shape index (κ2) is 7.18. The van der Waals surface area contributed by atoms with E-state index in [2.05, 4.69) is 4.98 Å². The maximum absolute atomic E-state index is 13.1. The summed E-state index contributed by atoms with van der Waals surface area (Å²) in [6.07, 6.45) is 10.7. The van der Waals surface area contributed by atoms with Crippen LogP contribution in [0.3, 0.4) is 0 Å². The molecule has 4 heteroatoms. The molecule has 128 valence electrons. The summed E-state index contributed by atoms with van der Waals surface area (Å²) in [5, 5.41) is 6.51. The van der Waals surface area contributed by atoms with Crippen LogP contribution in [0, 0.1) is 5.92 Å². The number of amides is 1. The van der Waals surface area contributed by atoms with E-state index in [1.54, 1.807) is 11.2 Å². The minimum Gasteiger partial charge on any atom is -0.267 e. The molecule has 1 unspecified atom stereocenters. The molecule has 25 heavy (non-hydrogen) atoms. The summed E-state index contributed by atoms with van der Waals surface area (Å²) in [7, 11) is 0. The first-order chi connectivity index (χ1) is 12.3. The van der Waals surface area contributed by atoms with Crippen LogP contribution in [-0.2, 0) is 0 Å². The van der Waals surface area contributed by atoms with Crippen LogP contribution in [0.15, 0.2) is 60.0 Å². The van der Waals surface area contributed by atoms with Gasteiger partial charge in [0.15, 0.2) is 0 Å². The van der Waals surface area contributed by atoms with Crippen LogP contribution in [0.2, 0.25) is 0 Å². The Hall–Kier alpha value is -2.49. The van der Waals surface area contributed by atoms with Crippen LogP contribution in [0.25, 0.3) is 0 Å². The van der Waals surface area contributed by atoms with Crippen molar-refractivity contribution in [3.8, 4) is 0 Å². The van der Waals surface area contributed by atoms with Gasteiger partial charge in [-0.3, -0.25) is 9.78 Å². The Balaban J connectivity index is 1.65. The second-order valence-corrected chi connectivity index (χ2v) is 6.97. The van der Waals surface area contributed by atoms with Gasteiger partial charge in [0.1, 0.15) is 0 Å². The molecule has 2 aliphatic rings. The van der Waals surface area contributed by atoms with Gasteiger partial charge < -0.3 is 0 Å². The fourth-order valence-corrected chi connectivity index (χ4v) is 4.03. The number of pyridine rings is 1. The third kappa shape index (κ3) is 3.34. The van der Waals surface area contributed by atoms with E-state index < -0.39 is 0 Å². The van der Waals surface area contributed by atoms with E-state index in [4.69, 9.17) is 5.10 Å². The van der Waals surface area contributed by atoms with Gasteiger partial charge in [-0.1, -0.05) is 43.5 Å². The number of hydrogen-bond donors (Lipinski definition) is 0. The zero-order valence-electron chi connectivity index (χ0n) is 14.3. The molecule has 1 aliphatic heterocycles. The lowest BCUT2D eigenvalue weighted by Crippen LogP contribution is -2.39.